The van der Waals surface area contributed by atoms with Gasteiger partial charge in [0.05, 0.1) is 23.4 Å². The van der Waals surface area contributed by atoms with Crippen LogP contribution in [-0.2, 0) is 29.7 Å². The van der Waals surface area contributed by atoms with Gasteiger partial charge in [-0.1, -0.05) is 28.1 Å². The summed E-state index contributed by atoms with van der Waals surface area (Å²) in [5, 5.41) is 2.88. The van der Waals surface area contributed by atoms with Gasteiger partial charge in [0, 0.05) is 37.3 Å². The van der Waals surface area contributed by atoms with Crippen molar-refractivity contribution in [2.24, 2.45) is 0 Å². The number of hydrogen-bond donors (Lipinski definition) is 1. The molecule has 0 saturated carbocycles. The van der Waals surface area contributed by atoms with Crippen LogP contribution >= 0.6 is 15.9 Å². The maximum absolute atomic E-state index is 13.2. The number of morpholine rings is 1. The lowest BCUT2D eigenvalue weighted by molar-refractivity contribution is -0.130. The predicted octanol–water partition coefficient (Wildman–Crippen LogP) is 2.05. The first-order valence-corrected chi connectivity index (χ1v) is 12.4. The molecule has 1 aromatic rings. The summed E-state index contributed by atoms with van der Waals surface area (Å²) in [5.74, 6) is -0.257. The average molecular weight is 489 g/mol. The molecule has 7 nitrogen and oxygen atoms in total. The summed E-state index contributed by atoms with van der Waals surface area (Å²) in [5.41, 5.74) is 0.241. The summed E-state index contributed by atoms with van der Waals surface area (Å²) in [6, 6.07) is 7.74. The van der Waals surface area contributed by atoms with E-state index in [1.165, 1.54) is 4.31 Å². The molecule has 1 aromatic carbocycles. The molecule has 1 amide bonds. The summed E-state index contributed by atoms with van der Waals surface area (Å²) >= 11 is 3.43. The Bertz CT molecular complexity index is 799. The van der Waals surface area contributed by atoms with E-state index in [1.807, 2.05) is 38.1 Å². The van der Waals surface area contributed by atoms with E-state index in [2.05, 4.69) is 21.2 Å². The highest BCUT2D eigenvalue weighted by molar-refractivity contribution is 9.10. The fraction of sp³-hybridized carbons (Fsp3) is 0.650. The Labute approximate surface area is 181 Å². The van der Waals surface area contributed by atoms with Crippen molar-refractivity contribution >= 4 is 31.9 Å². The van der Waals surface area contributed by atoms with E-state index >= 15 is 0 Å². The number of halogens is 1. The minimum atomic E-state index is -3.46. The summed E-state index contributed by atoms with van der Waals surface area (Å²) in [4.78, 5) is 13.2. The molecule has 1 N–H and O–H groups in total. The number of ether oxygens (including phenoxy) is 2. The molecule has 0 spiro atoms. The number of nitrogens with one attached hydrogen (secondary N) is 1. The molecule has 2 aliphatic rings. The molecule has 2 unspecified atom stereocenters. The Kier molecular flexibility index (Phi) is 7.37. The number of carbonyl (C=O) groups excluding carboxylic acids is 1. The smallest absolute Gasteiger partial charge is 0.230 e. The molecule has 0 radical (unpaired) electrons. The lowest BCUT2D eigenvalue weighted by atomic mass is 9.73. The second kappa shape index (κ2) is 9.43. The molecule has 162 valence electrons. The summed E-state index contributed by atoms with van der Waals surface area (Å²) in [7, 11) is -3.46. The second-order valence-electron chi connectivity index (χ2n) is 7.85. The van der Waals surface area contributed by atoms with Crippen molar-refractivity contribution in [1.82, 2.24) is 9.62 Å². The normalized spacial score (nSPS) is 25.5. The van der Waals surface area contributed by atoms with Crippen molar-refractivity contribution in [3.63, 3.8) is 0 Å². The van der Waals surface area contributed by atoms with E-state index < -0.39 is 15.4 Å². The summed E-state index contributed by atoms with van der Waals surface area (Å²) in [6.07, 6.45) is 0.884. The molecule has 2 saturated heterocycles. The molecule has 29 heavy (non-hydrogen) atoms. The third kappa shape index (κ3) is 5.38. The van der Waals surface area contributed by atoms with Crippen molar-refractivity contribution in [1.29, 1.82) is 0 Å². The van der Waals surface area contributed by atoms with Gasteiger partial charge in [-0.2, -0.15) is 4.31 Å². The van der Waals surface area contributed by atoms with Gasteiger partial charge in [0.2, 0.25) is 15.9 Å². The molecule has 0 aromatic heterocycles. The van der Waals surface area contributed by atoms with E-state index in [-0.39, 0.29) is 30.4 Å². The van der Waals surface area contributed by atoms with Crippen molar-refractivity contribution in [3.05, 3.63) is 34.3 Å². The minimum absolute atomic E-state index is 0.0838. The van der Waals surface area contributed by atoms with Crippen LogP contribution in [0.1, 0.15) is 32.3 Å². The van der Waals surface area contributed by atoms with Crippen molar-refractivity contribution in [2.75, 3.05) is 38.6 Å². The fourth-order valence-corrected chi connectivity index (χ4v) is 5.84. The monoisotopic (exact) mass is 488 g/mol. The molecule has 2 heterocycles. The van der Waals surface area contributed by atoms with Gasteiger partial charge >= 0.3 is 0 Å². The van der Waals surface area contributed by atoms with Crippen LogP contribution in [0.15, 0.2) is 28.7 Å². The molecule has 0 bridgehead atoms. The topological polar surface area (TPSA) is 84.9 Å². The van der Waals surface area contributed by atoms with E-state index in [4.69, 9.17) is 9.47 Å². The maximum Gasteiger partial charge on any atom is 0.230 e. The largest absolute Gasteiger partial charge is 0.381 e. The van der Waals surface area contributed by atoms with Crippen molar-refractivity contribution in [2.45, 2.75) is 44.3 Å². The number of rotatable bonds is 6. The van der Waals surface area contributed by atoms with Gasteiger partial charge in [-0.3, -0.25) is 4.79 Å². The van der Waals surface area contributed by atoms with Crippen LogP contribution in [0.3, 0.4) is 0 Å². The van der Waals surface area contributed by atoms with Gasteiger partial charge in [-0.25, -0.2) is 8.42 Å². The molecule has 2 aliphatic heterocycles. The third-order valence-electron chi connectivity index (χ3n) is 5.60. The van der Waals surface area contributed by atoms with Crippen LogP contribution in [0, 0.1) is 0 Å². The molecule has 2 fully saturated rings. The number of nitrogens with zero attached hydrogens (tertiary/aromatic N) is 1. The molecule has 9 heteroatoms. The van der Waals surface area contributed by atoms with E-state index in [9.17, 15) is 13.2 Å². The highest BCUT2D eigenvalue weighted by Crippen LogP contribution is 2.35. The van der Waals surface area contributed by atoms with E-state index in [1.54, 1.807) is 0 Å². The zero-order valence-corrected chi connectivity index (χ0v) is 19.3. The molecule has 3 rings (SSSR count). The first-order valence-electron chi connectivity index (χ1n) is 9.98. The Balaban J connectivity index is 1.65. The van der Waals surface area contributed by atoms with Crippen LogP contribution in [0.4, 0.5) is 0 Å². The van der Waals surface area contributed by atoms with Crippen LogP contribution in [0.25, 0.3) is 0 Å². The van der Waals surface area contributed by atoms with Gasteiger partial charge in [0.1, 0.15) is 0 Å². The number of carbonyl (C=O) groups is 1. The third-order valence-corrected chi connectivity index (χ3v) is 7.94. The maximum atomic E-state index is 13.2. The molecular formula is C20H29BrN2O5S. The lowest BCUT2D eigenvalue weighted by Crippen LogP contribution is -2.51. The Morgan fingerprint density at radius 3 is 2.34 bits per heavy atom. The Morgan fingerprint density at radius 1 is 1.17 bits per heavy atom. The predicted molar refractivity (Wildman–Crippen MR) is 114 cm³/mol. The van der Waals surface area contributed by atoms with Crippen molar-refractivity contribution in [3.8, 4) is 0 Å². The number of hydrogen-bond acceptors (Lipinski definition) is 5. The van der Waals surface area contributed by atoms with Gasteiger partial charge in [-0.15, -0.1) is 0 Å². The van der Waals surface area contributed by atoms with E-state index in [0.29, 0.717) is 39.1 Å². The van der Waals surface area contributed by atoms with Gasteiger partial charge in [-0.05, 0) is 44.4 Å². The van der Waals surface area contributed by atoms with Gasteiger partial charge < -0.3 is 14.8 Å². The van der Waals surface area contributed by atoms with Crippen molar-refractivity contribution < 1.29 is 22.7 Å². The summed E-state index contributed by atoms with van der Waals surface area (Å²) in [6.45, 7) is 5.53. The standard InChI is InChI=1S/C20H29BrN2O5S/c1-15-13-23(14-16(2)28-15)29(25,26)12-9-22-19(24)20(7-10-27-11-8-20)17-3-5-18(21)6-4-17/h3-6,15-16H,7-14H2,1-2H3,(H,22,24). The first-order chi connectivity index (χ1) is 13.7. The van der Waals surface area contributed by atoms with E-state index in [0.717, 1.165) is 10.0 Å². The SMILES string of the molecule is CC1CN(S(=O)(=O)CCNC(=O)C2(c3ccc(Br)cc3)CCOCC2)CC(C)O1. The number of amides is 1. The van der Waals surface area contributed by atoms with Crippen LogP contribution in [0.5, 0.6) is 0 Å². The summed E-state index contributed by atoms with van der Waals surface area (Å²) < 4.78 is 38.9. The number of sulfonamides is 1. The zero-order valence-electron chi connectivity index (χ0n) is 16.9. The molecular weight excluding hydrogens is 460 g/mol. The highest BCUT2D eigenvalue weighted by atomic mass is 79.9. The molecule has 0 aliphatic carbocycles. The van der Waals surface area contributed by atoms with Crippen LogP contribution < -0.4 is 5.32 Å². The highest BCUT2D eigenvalue weighted by Gasteiger charge is 2.41. The van der Waals surface area contributed by atoms with Gasteiger partial charge in [0.15, 0.2) is 0 Å². The minimum Gasteiger partial charge on any atom is -0.381 e. The second-order valence-corrected chi connectivity index (χ2v) is 10.9. The van der Waals surface area contributed by atoms with Crippen LogP contribution in [-0.4, -0.2) is 69.4 Å². The molecule has 2 atom stereocenters. The average Bonchev–Trinajstić information content (AvgIpc) is 2.68. The Morgan fingerprint density at radius 2 is 1.76 bits per heavy atom. The zero-order chi connectivity index (χ0) is 21.1. The number of benzene rings is 1. The Hall–Kier alpha value is -1.00. The lowest BCUT2D eigenvalue weighted by Gasteiger charge is -2.36. The van der Waals surface area contributed by atoms with Gasteiger partial charge in [0.25, 0.3) is 0 Å². The van der Waals surface area contributed by atoms with Crippen LogP contribution in [0.2, 0.25) is 0 Å². The quantitative estimate of drug-likeness (QED) is 0.662. The first kappa shape index (κ1) is 22.7. The fourth-order valence-electron chi connectivity index (χ4n) is 4.09.